The van der Waals surface area contributed by atoms with Crippen molar-refractivity contribution in [2.45, 2.75) is 0 Å². The van der Waals surface area contributed by atoms with E-state index in [0.717, 1.165) is 0 Å². The molecule has 0 saturated carbocycles. The average Bonchev–Trinajstić information content (AvgIpc) is 2.98. The summed E-state index contributed by atoms with van der Waals surface area (Å²) in [6.45, 7) is 0. The molecule has 0 spiro atoms. The van der Waals surface area contributed by atoms with Crippen LogP contribution in [0.3, 0.4) is 0 Å². The van der Waals surface area contributed by atoms with Gasteiger partial charge in [-0.2, -0.15) is 5.10 Å². The van der Waals surface area contributed by atoms with Crippen LogP contribution in [0.1, 0.15) is 20.8 Å². The highest BCUT2D eigenvalue weighted by atomic mass is 16.6. The molecule has 120 valence electrons. The number of aromatic nitrogens is 2. The number of nitro groups is 1. The van der Waals surface area contributed by atoms with Gasteiger partial charge >= 0.3 is 0 Å². The minimum absolute atomic E-state index is 0.0349. The van der Waals surface area contributed by atoms with Crippen LogP contribution in [0.2, 0.25) is 0 Å². The van der Waals surface area contributed by atoms with E-state index in [1.807, 2.05) is 0 Å². The summed E-state index contributed by atoms with van der Waals surface area (Å²) in [4.78, 5) is 33.7. The number of nitrogens with zero attached hydrogens (tertiary/aromatic N) is 2. The van der Waals surface area contributed by atoms with Gasteiger partial charge in [0.15, 0.2) is 5.69 Å². The fraction of sp³-hybridized carbons (Fsp3) is 0. The Kier molecular flexibility index (Phi) is 3.66. The second-order valence-electron chi connectivity index (χ2n) is 4.95. The first kappa shape index (κ1) is 15.2. The number of rotatable bonds is 4. The number of H-pyrrole nitrogens is 1. The van der Waals surface area contributed by atoms with E-state index >= 15 is 0 Å². The Bertz CT molecular complexity index is 962. The van der Waals surface area contributed by atoms with Crippen LogP contribution >= 0.6 is 0 Å². The average molecular weight is 325 g/mol. The third kappa shape index (κ3) is 2.77. The van der Waals surface area contributed by atoms with Crippen LogP contribution in [0, 0.1) is 10.1 Å². The van der Waals surface area contributed by atoms with Crippen molar-refractivity contribution in [3.8, 4) is 0 Å². The molecular weight excluding hydrogens is 314 g/mol. The normalized spacial score (nSPS) is 10.5. The summed E-state index contributed by atoms with van der Waals surface area (Å²) in [5.41, 5.74) is 6.31. The Hall–Kier alpha value is -3.75. The molecule has 3 rings (SSSR count). The fourth-order valence-electron chi connectivity index (χ4n) is 2.20. The summed E-state index contributed by atoms with van der Waals surface area (Å²) in [6, 6.07) is 10.1. The number of fused-ring (bicyclic) bond motifs is 1. The molecule has 0 atom stereocenters. The van der Waals surface area contributed by atoms with E-state index in [0.29, 0.717) is 22.2 Å². The van der Waals surface area contributed by atoms with Gasteiger partial charge in [-0.25, -0.2) is 0 Å². The Morgan fingerprint density at radius 2 is 1.88 bits per heavy atom. The molecule has 1 aromatic heterocycles. The Morgan fingerprint density at radius 3 is 2.50 bits per heavy atom. The Morgan fingerprint density at radius 1 is 1.17 bits per heavy atom. The van der Waals surface area contributed by atoms with E-state index in [1.54, 1.807) is 0 Å². The Balaban J connectivity index is 1.89. The van der Waals surface area contributed by atoms with Crippen molar-refractivity contribution < 1.29 is 14.5 Å². The van der Waals surface area contributed by atoms with Crippen molar-refractivity contribution in [2.24, 2.45) is 5.73 Å². The lowest BCUT2D eigenvalue weighted by molar-refractivity contribution is -0.384. The maximum Gasteiger partial charge on any atom is 0.276 e. The highest BCUT2D eigenvalue weighted by Crippen LogP contribution is 2.23. The number of aromatic amines is 1. The van der Waals surface area contributed by atoms with E-state index in [9.17, 15) is 19.7 Å². The molecule has 0 aliphatic heterocycles. The number of carbonyl (C=O) groups is 2. The number of benzene rings is 2. The SMILES string of the molecule is NC(=O)c1ccc(NC(=O)c2n[nH]c3ccc([N+](=O)[O-])cc23)cc1. The predicted molar refractivity (Wildman–Crippen MR) is 85.7 cm³/mol. The number of hydrogen-bond acceptors (Lipinski definition) is 5. The number of anilines is 1. The Labute approximate surface area is 134 Å². The lowest BCUT2D eigenvalue weighted by Crippen LogP contribution is -2.14. The van der Waals surface area contributed by atoms with Gasteiger partial charge in [0.2, 0.25) is 5.91 Å². The van der Waals surface area contributed by atoms with Crippen molar-refractivity contribution in [1.29, 1.82) is 0 Å². The number of non-ortho nitro benzene ring substituents is 1. The highest BCUT2D eigenvalue weighted by Gasteiger charge is 2.17. The molecule has 24 heavy (non-hydrogen) atoms. The fourth-order valence-corrected chi connectivity index (χ4v) is 2.20. The molecule has 0 radical (unpaired) electrons. The summed E-state index contributed by atoms with van der Waals surface area (Å²) in [7, 11) is 0. The van der Waals surface area contributed by atoms with Gasteiger partial charge in [-0.05, 0) is 30.3 Å². The molecule has 1 heterocycles. The van der Waals surface area contributed by atoms with Crippen LogP contribution in [-0.2, 0) is 0 Å². The second kappa shape index (κ2) is 5.80. The van der Waals surface area contributed by atoms with Gasteiger partial charge in [-0.3, -0.25) is 24.8 Å². The first-order chi connectivity index (χ1) is 11.5. The minimum atomic E-state index is -0.571. The largest absolute Gasteiger partial charge is 0.366 e. The molecule has 2 amide bonds. The summed E-state index contributed by atoms with van der Waals surface area (Å²) in [6.07, 6.45) is 0. The third-order valence-electron chi connectivity index (χ3n) is 3.40. The van der Waals surface area contributed by atoms with Gasteiger partial charge in [0, 0.05) is 28.8 Å². The molecule has 0 aliphatic carbocycles. The topological polar surface area (TPSA) is 144 Å². The van der Waals surface area contributed by atoms with Gasteiger partial charge in [-0.15, -0.1) is 0 Å². The van der Waals surface area contributed by atoms with Crippen molar-refractivity contribution in [3.05, 3.63) is 63.8 Å². The number of nitrogens with two attached hydrogens (primary N) is 1. The second-order valence-corrected chi connectivity index (χ2v) is 4.95. The quantitative estimate of drug-likeness (QED) is 0.495. The number of amides is 2. The number of nitrogens with one attached hydrogen (secondary N) is 2. The molecule has 0 aliphatic rings. The van der Waals surface area contributed by atoms with Crippen LogP contribution in [0.15, 0.2) is 42.5 Å². The van der Waals surface area contributed by atoms with Crippen LogP contribution < -0.4 is 11.1 Å². The van der Waals surface area contributed by atoms with Crippen molar-refractivity contribution in [3.63, 3.8) is 0 Å². The zero-order valence-corrected chi connectivity index (χ0v) is 12.1. The van der Waals surface area contributed by atoms with Gasteiger partial charge < -0.3 is 11.1 Å². The minimum Gasteiger partial charge on any atom is -0.366 e. The molecule has 0 bridgehead atoms. The first-order valence-electron chi connectivity index (χ1n) is 6.79. The molecule has 9 nitrogen and oxygen atoms in total. The van der Waals surface area contributed by atoms with E-state index in [1.165, 1.54) is 42.5 Å². The van der Waals surface area contributed by atoms with E-state index in [-0.39, 0.29) is 11.4 Å². The monoisotopic (exact) mass is 325 g/mol. The van der Waals surface area contributed by atoms with Crippen LogP contribution in [-0.4, -0.2) is 26.9 Å². The molecule has 0 saturated heterocycles. The summed E-state index contributed by atoms with van der Waals surface area (Å²) < 4.78 is 0. The molecule has 9 heteroatoms. The van der Waals surface area contributed by atoms with Gasteiger partial charge in [0.05, 0.1) is 10.4 Å². The zero-order valence-electron chi connectivity index (χ0n) is 12.1. The van der Waals surface area contributed by atoms with Gasteiger partial charge in [0.1, 0.15) is 0 Å². The lowest BCUT2D eigenvalue weighted by atomic mass is 10.1. The predicted octanol–water partition coefficient (Wildman–Crippen LogP) is 1.82. The highest BCUT2D eigenvalue weighted by molar-refractivity contribution is 6.11. The number of nitro benzene ring substituents is 1. The van der Waals surface area contributed by atoms with Crippen LogP contribution in [0.5, 0.6) is 0 Å². The molecule has 4 N–H and O–H groups in total. The molecule has 3 aromatic rings. The summed E-state index contributed by atoms with van der Waals surface area (Å²) in [5, 5.41) is 20.4. The van der Waals surface area contributed by atoms with Gasteiger partial charge in [-0.1, -0.05) is 0 Å². The standard InChI is InChI=1S/C15H11N5O4/c16-14(21)8-1-3-9(4-2-8)17-15(22)13-11-7-10(20(23)24)5-6-12(11)18-19-13/h1-7H,(H2,16,21)(H,17,22)(H,18,19). The van der Waals surface area contributed by atoms with Gasteiger partial charge in [0.25, 0.3) is 11.6 Å². The van der Waals surface area contributed by atoms with Crippen molar-refractivity contribution in [1.82, 2.24) is 10.2 Å². The number of primary amides is 1. The molecular formula is C15H11N5O4. The van der Waals surface area contributed by atoms with Crippen molar-refractivity contribution >= 4 is 34.1 Å². The first-order valence-corrected chi connectivity index (χ1v) is 6.79. The van der Waals surface area contributed by atoms with E-state index in [4.69, 9.17) is 5.73 Å². The molecule has 2 aromatic carbocycles. The van der Waals surface area contributed by atoms with E-state index in [2.05, 4.69) is 15.5 Å². The lowest BCUT2D eigenvalue weighted by Gasteiger charge is -2.04. The smallest absolute Gasteiger partial charge is 0.276 e. The molecule has 0 unspecified atom stereocenters. The van der Waals surface area contributed by atoms with E-state index < -0.39 is 16.7 Å². The zero-order chi connectivity index (χ0) is 17.3. The summed E-state index contributed by atoms with van der Waals surface area (Å²) >= 11 is 0. The van der Waals surface area contributed by atoms with Crippen molar-refractivity contribution in [2.75, 3.05) is 5.32 Å². The number of carbonyl (C=O) groups excluding carboxylic acids is 2. The maximum absolute atomic E-state index is 12.3. The maximum atomic E-state index is 12.3. The summed E-state index contributed by atoms with van der Waals surface area (Å²) in [5.74, 6) is -1.10. The number of hydrogen-bond donors (Lipinski definition) is 3. The molecule has 0 fully saturated rings. The third-order valence-corrected chi connectivity index (χ3v) is 3.40. The van der Waals surface area contributed by atoms with Crippen LogP contribution in [0.25, 0.3) is 10.9 Å². The van der Waals surface area contributed by atoms with Crippen LogP contribution in [0.4, 0.5) is 11.4 Å².